The molecule has 1 amide bonds. The van der Waals surface area contributed by atoms with E-state index >= 15 is 0 Å². The van der Waals surface area contributed by atoms with Gasteiger partial charge in [-0.25, -0.2) is 0 Å². The summed E-state index contributed by atoms with van der Waals surface area (Å²) in [5, 5.41) is 2.93. The van der Waals surface area contributed by atoms with Gasteiger partial charge in [0.25, 0.3) is 0 Å². The van der Waals surface area contributed by atoms with Gasteiger partial charge in [0.05, 0.1) is 0 Å². The number of aromatic nitrogens is 1. The third kappa shape index (κ3) is 4.92. The number of nitrogens with one attached hydrogen (secondary N) is 1. The van der Waals surface area contributed by atoms with E-state index in [4.69, 9.17) is 0 Å². The molecule has 0 saturated heterocycles. The Kier molecular flexibility index (Phi) is 5.11. The first-order valence-corrected chi connectivity index (χ1v) is 6.55. The Bertz CT molecular complexity index is 497. The van der Waals surface area contributed by atoms with E-state index in [9.17, 15) is 4.79 Å². The van der Waals surface area contributed by atoms with Crippen molar-refractivity contribution < 1.29 is 4.79 Å². The number of hydrogen-bond acceptors (Lipinski definition) is 2. The number of carbonyl (C=O) groups is 1. The molecule has 0 spiro atoms. The van der Waals surface area contributed by atoms with Crippen molar-refractivity contribution in [3.8, 4) is 0 Å². The third-order valence-corrected chi connectivity index (χ3v) is 2.91. The topological polar surface area (TPSA) is 42.0 Å². The van der Waals surface area contributed by atoms with E-state index in [-0.39, 0.29) is 5.91 Å². The maximum atomic E-state index is 11.7. The monoisotopic (exact) mass is 254 g/mol. The van der Waals surface area contributed by atoms with Gasteiger partial charge in [-0.2, -0.15) is 0 Å². The lowest BCUT2D eigenvalue weighted by Crippen LogP contribution is -2.25. The SMILES string of the molecule is O=C(CCc1ccccn1)NCCc1ccccc1. The molecule has 2 aromatic rings. The van der Waals surface area contributed by atoms with Gasteiger partial charge in [0, 0.05) is 24.9 Å². The van der Waals surface area contributed by atoms with Crippen LogP contribution in [0.25, 0.3) is 0 Å². The first kappa shape index (κ1) is 13.3. The van der Waals surface area contributed by atoms with Crippen molar-refractivity contribution in [1.29, 1.82) is 0 Å². The van der Waals surface area contributed by atoms with Gasteiger partial charge in [0.1, 0.15) is 0 Å². The molecule has 1 N–H and O–H groups in total. The van der Waals surface area contributed by atoms with Gasteiger partial charge in [-0.05, 0) is 30.5 Å². The zero-order chi connectivity index (χ0) is 13.3. The number of rotatable bonds is 6. The van der Waals surface area contributed by atoms with Crippen LogP contribution >= 0.6 is 0 Å². The molecule has 19 heavy (non-hydrogen) atoms. The number of nitrogens with zero attached hydrogens (tertiary/aromatic N) is 1. The number of carbonyl (C=O) groups excluding carboxylic acids is 1. The minimum atomic E-state index is 0.0848. The Morgan fingerprint density at radius 3 is 2.53 bits per heavy atom. The third-order valence-electron chi connectivity index (χ3n) is 2.91. The van der Waals surface area contributed by atoms with E-state index in [2.05, 4.69) is 22.4 Å². The lowest BCUT2D eigenvalue weighted by molar-refractivity contribution is -0.121. The summed E-state index contributed by atoms with van der Waals surface area (Å²) < 4.78 is 0. The van der Waals surface area contributed by atoms with Crippen LogP contribution < -0.4 is 5.32 Å². The number of benzene rings is 1. The van der Waals surface area contributed by atoms with E-state index in [0.717, 1.165) is 12.1 Å². The number of amides is 1. The summed E-state index contributed by atoms with van der Waals surface area (Å²) in [6.07, 6.45) is 3.81. The molecule has 1 heterocycles. The normalized spacial score (nSPS) is 10.1. The summed E-state index contributed by atoms with van der Waals surface area (Å²) in [6.45, 7) is 0.686. The van der Waals surface area contributed by atoms with Crippen molar-refractivity contribution in [3.63, 3.8) is 0 Å². The van der Waals surface area contributed by atoms with Crippen LogP contribution in [0.15, 0.2) is 54.7 Å². The highest BCUT2D eigenvalue weighted by Crippen LogP contribution is 2.00. The molecule has 0 fully saturated rings. The van der Waals surface area contributed by atoms with E-state index < -0.39 is 0 Å². The Hall–Kier alpha value is -2.16. The summed E-state index contributed by atoms with van der Waals surface area (Å²) in [4.78, 5) is 15.9. The van der Waals surface area contributed by atoms with Crippen molar-refractivity contribution in [1.82, 2.24) is 10.3 Å². The molecular formula is C16H18N2O. The summed E-state index contributed by atoms with van der Waals surface area (Å²) in [7, 11) is 0. The highest BCUT2D eigenvalue weighted by Gasteiger charge is 2.02. The van der Waals surface area contributed by atoms with Crippen molar-refractivity contribution in [2.45, 2.75) is 19.3 Å². The summed E-state index contributed by atoms with van der Waals surface area (Å²) in [5.41, 5.74) is 2.20. The van der Waals surface area contributed by atoms with E-state index in [0.29, 0.717) is 19.4 Å². The molecule has 2 rings (SSSR count). The largest absolute Gasteiger partial charge is 0.356 e. The average molecular weight is 254 g/mol. The number of pyridine rings is 1. The second-order valence-electron chi connectivity index (χ2n) is 4.41. The molecule has 0 aliphatic heterocycles. The summed E-state index contributed by atoms with van der Waals surface area (Å²) in [5.74, 6) is 0.0848. The standard InChI is InChI=1S/C16H18N2O/c19-16(10-9-15-8-4-5-12-17-15)18-13-11-14-6-2-1-3-7-14/h1-8,12H,9-11,13H2,(H,18,19). The molecule has 0 bridgehead atoms. The number of aryl methyl sites for hydroxylation is 1. The van der Waals surface area contributed by atoms with Crippen molar-refractivity contribution in [2.24, 2.45) is 0 Å². The summed E-state index contributed by atoms with van der Waals surface area (Å²) >= 11 is 0. The second kappa shape index (κ2) is 7.31. The van der Waals surface area contributed by atoms with Crippen LogP contribution in [0.5, 0.6) is 0 Å². The van der Waals surface area contributed by atoms with Gasteiger partial charge in [-0.1, -0.05) is 36.4 Å². The lowest BCUT2D eigenvalue weighted by atomic mass is 10.1. The Morgan fingerprint density at radius 2 is 1.79 bits per heavy atom. The molecule has 3 nitrogen and oxygen atoms in total. The molecule has 1 aromatic heterocycles. The molecule has 0 aliphatic rings. The predicted octanol–water partition coefficient (Wildman–Crippen LogP) is 2.37. The molecular weight excluding hydrogens is 236 g/mol. The molecule has 0 aliphatic carbocycles. The molecule has 1 aromatic carbocycles. The summed E-state index contributed by atoms with van der Waals surface area (Å²) in [6, 6.07) is 15.9. The smallest absolute Gasteiger partial charge is 0.220 e. The fourth-order valence-electron chi connectivity index (χ4n) is 1.87. The van der Waals surface area contributed by atoms with E-state index in [1.807, 2.05) is 36.4 Å². The zero-order valence-electron chi connectivity index (χ0n) is 10.9. The molecule has 3 heteroatoms. The van der Waals surface area contributed by atoms with Gasteiger partial charge in [-0.3, -0.25) is 9.78 Å². The van der Waals surface area contributed by atoms with Gasteiger partial charge in [0.15, 0.2) is 0 Å². The Labute approximate surface area is 113 Å². The minimum absolute atomic E-state index is 0.0848. The highest BCUT2D eigenvalue weighted by atomic mass is 16.1. The van der Waals surface area contributed by atoms with Crippen LogP contribution in [-0.2, 0) is 17.6 Å². The zero-order valence-corrected chi connectivity index (χ0v) is 10.9. The first-order chi connectivity index (χ1) is 9.34. The second-order valence-corrected chi connectivity index (χ2v) is 4.41. The maximum absolute atomic E-state index is 11.7. The lowest BCUT2D eigenvalue weighted by Gasteiger charge is -2.05. The quantitative estimate of drug-likeness (QED) is 0.860. The minimum Gasteiger partial charge on any atom is -0.356 e. The van der Waals surface area contributed by atoms with Crippen LogP contribution in [0.4, 0.5) is 0 Å². The van der Waals surface area contributed by atoms with Gasteiger partial charge in [-0.15, -0.1) is 0 Å². The Morgan fingerprint density at radius 1 is 1.00 bits per heavy atom. The van der Waals surface area contributed by atoms with E-state index in [1.54, 1.807) is 6.20 Å². The van der Waals surface area contributed by atoms with Crippen LogP contribution in [-0.4, -0.2) is 17.4 Å². The Balaban J connectivity index is 1.65. The van der Waals surface area contributed by atoms with Gasteiger partial charge >= 0.3 is 0 Å². The van der Waals surface area contributed by atoms with Gasteiger partial charge in [0.2, 0.25) is 5.91 Å². The fourth-order valence-corrected chi connectivity index (χ4v) is 1.87. The highest BCUT2D eigenvalue weighted by molar-refractivity contribution is 5.76. The molecule has 0 saturated carbocycles. The maximum Gasteiger partial charge on any atom is 0.220 e. The fraction of sp³-hybridized carbons (Fsp3) is 0.250. The molecule has 0 unspecified atom stereocenters. The van der Waals surface area contributed by atoms with Crippen LogP contribution in [0.3, 0.4) is 0 Å². The molecule has 0 atom stereocenters. The molecule has 0 radical (unpaired) electrons. The van der Waals surface area contributed by atoms with Crippen molar-refractivity contribution in [2.75, 3.05) is 6.54 Å². The van der Waals surface area contributed by atoms with Crippen LogP contribution in [0, 0.1) is 0 Å². The van der Waals surface area contributed by atoms with E-state index in [1.165, 1.54) is 5.56 Å². The number of hydrogen-bond donors (Lipinski definition) is 1. The van der Waals surface area contributed by atoms with Crippen LogP contribution in [0.2, 0.25) is 0 Å². The van der Waals surface area contributed by atoms with Gasteiger partial charge < -0.3 is 5.32 Å². The van der Waals surface area contributed by atoms with Crippen molar-refractivity contribution >= 4 is 5.91 Å². The predicted molar refractivity (Wildman–Crippen MR) is 75.7 cm³/mol. The molecule has 98 valence electrons. The van der Waals surface area contributed by atoms with Crippen LogP contribution in [0.1, 0.15) is 17.7 Å². The van der Waals surface area contributed by atoms with Crippen molar-refractivity contribution in [3.05, 3.63) is 66.0 Å². The first-order valence-electron chi connectivity index (χ1n) is 6.55. The average Bonchev–Trinajstić information content (AvgIpc) is 2.47.